The van der Waals surface area contributed by atoms with Gasteiger partial charge in [0.2, 0.25) is 0 Å². The van der Waals surface area contributed by atoms with E-state index in [9.17, 15) is 4.79 Å². The molecule has 5 heteroatoms. The number of hydrogen-bond donors (Lipinski definition) is 1. The number of carbonyl (C=O) groups excluding carboxylic acids is 1. The lowest BCUT2D eigenvalue weighted by Gasteiger charge is -2.07. The van der Waals surface area contributed by atoms with E-state index in [2.05, 4.69) is 10.4 Å². The second-order valence-corrected chi connectivity index (χ2v) is 4.17. The molecule has 0 aliphatic carbocycles. The number of amides is 1. The summed E-state index contributed by atoms with van der Waals surface area (Å²) in [4.78, 5) is 11.8. The molecule has 2 aromatic rings. The summed E-state index contributed by atoms with van der Waals surface area (Å²) in [6, 6.07) is 7.69. The number of hydrogen-bond acceptors (Lipinski definition) is 3. The molecule has 1 aromatic carbocycles. The summed E-state index contributed by atoms with van der Waals surface area (Å²) >= 11 is 0. The smallest absolute Gasteiger partial charge is 0.254 e. The number of benzene rings is 1. The van der Waals surface area contributed by atoms with E-state index >= 15 is 0 Å². The highest BCUT2D eigenvalue weighted by molar-refractivity contribution is 5.93. The van der Waals surface area contributed by atoms with Crippen LogP contribution in [0, 0.1) is 0 Å². The monoisotopic (exact) mass is 259 g/mol. The average Bonchev–Trinajstić information content (AvgIpc) is 2.84. The SMILES string of the molecule is CCOc1cccc(CNC(=O)c2cnn(C)c2)c1. The molecule has 0 radical (unpaired) electrons. The van der Waals surface area contributed by atoms with Crippen LogP contribution in [0.2, 0.25) is 0 Å². The van der Waals surface area contributed by atoms with Crippen LogP contribution < -0.4 is 10.1 Å². The van der Waals surface area contributed by atoms with Crippen molar-refractivity contribution < 1.29 is 9.53 Å². The van der Waals surface area contributed by atoms with Gasteiger partial charge in [-0.05, 0) is 24.6 Å². The van der Waals surface area contributed by atoms with Gasteiger partial charge in [0, 0.05) is 19.8 Å². The van der Waals surface area contributed by atoms with E-state index in [1.807, 2.05) is 31.2 Å². The van der Waals surface area contributed by atoms with Gasteiger partial charge in [0.15, 0.2) is 0 Å². The van der Waals surface area contributed by atoms with Gasteiger partial charge in [-0.1, -0.05) is 12.1 Å². The Balaban J connectivity index is 1.95. The van der Waals surface area contributed by atoms with Gasteiger partial charge in [-0.15, -0.1) is 0 Å². The van der Waals surface area contributed by atoms with Crippen LogP contribution >= 0.6 is 0 Å². The van der Waals surface area contributed by atoms with Gasteiger partial charge >= 0.3 is 0 Å². The normalized spacial score (nSPS) is 10.2. The number of aromatic nitrogens is 2. The second kappa shape index (κ2) is 6.04. The number of nitrogens with one attached hydrogen (secondary N) is 1. The van der Waals surface area contributed by atoms with E-state index in [4.69, 9.17) is 4.74 Å². The molecule has 1 aromatic heterocycles. The van der Waals surface area contributed by atoms with Gasteiger partial charge in [-0.25, -0.2) is 0 Å². The van der Waals surface area contributed by atoms with Gasteiger partial charge < -0.3 is 10.1 Å². The number of carbonyl (C=O) groups is 1. The van der Waals surface area contributed by atoms with Gasteiger partial charge in [0.25, 0.3) is 5.91 Å². The van der Waals surface area contributed by atoms with Crippen LogP contribution in [0.4, 0.5) is 0 Å². The highest BCUT2D eigenvalue weighted by Gasteiger charge is 2.07. The minimum atomic E-state index is -0.130. The maximum absolute atomic E-state index is 11.8. The third kappa shape index (κ3) is 3.58. The molecule has 1 heterocycles. The zero-order chi connectivity index (χ0) is 13.7. The van der Waals surface area contributed by atoms with E-state index < -0.39 is 0 Å². The third-order valence-electron chi connectivity index (χ3n) is 2.63. The molecule has 0 bridgehead atoms. The van der Waals surface area contributed by atoms with E-state index in [0.717, 1.165) is 11.3 Å². The topological polar surface area (TPSA) is 56.1 Å². The molecule has 0 saturated heterocycles. The fourth-order valence-corrected chi connectivity index (χ4v) is 1.73. The Morgan fingerprint density at radius 3 is 3.00 bits per heavy atom. The standard InChI is InChI=1S/C14H17N3O2/c1-3-19-13-6-4-5-11(7-13)8-15-14(18)12-9-16-17(2)10-12/h4-7,9-10H,3,8H2,1-2H3,(H,15,18). The number of aryl methyl sites for hydroxylation is 1. The van der Waals surface area contributed by atoms with Crippen LogP contribution in [0.15, 0.2) is 36.7 Å². The quantitative estimate of drug-likeness (QED) is 0.890. The van der Waals surface area contributed by atoms with Crippen molar-refractivity contribution in [2.24, 2.45) is 7.05 Å². The van der Waals surface area contributed by atoms with Gasteiger partial charge in [0.05, 0.1) is 18.4 Å². The maximum Gasteiger partial charge on any atom is 0.254 e. The lowest BCUT2D eigenvalue weighted by molar-refractivity contribution is 0.0951. The van der Waals surface area contributed by atoms with Crippen molar-refractivity contribution in [3.8, 4) is 5.75 Å². The molecule has 0 spiro atoms. The molecule has 19 heavy (non-hydrogen) atoms. The summed E-state index contributed by atoms with van der Waals surface area (Å²) in [6.07, 6.45) is 3.23. The molecular formula is C14H17N3O2. The van der Waals surface area contributed by atoms with E-state index in [0.29, 0.717) is 18.7 Å². The zero-order valence-corrected chi connectivity index (χ0v) is 11.1. The molecule has 1 N–H and O–H groups in total. The Morgan fingerprint density at radius 1 is 1.47 bits per heavy atom. The summed E-state index contributed by atoms with van der Waals surface area (Å²) in [5.41, 5.74) is 1.56. The molecule has 0 aliphatic heterocycles. The van der Waals surface area contributed by atoms with E-state index in [1.165, 1.54) is 0 Å². The maximum atomic E-state index is 11.8. The molecule has 0 fully saturated rings. The largest absolute Gasteiger partial charge is 0.494 e. The minimum absolute atomic E-state index is 0.130. The van der Waals surface area contributed by atoms with Gasteiger partial charge in [-0.2, -0.15) is 5.10 Å². The fourth-order valence-electron chi connectivity index (χ4n) is 1.73. The van der Waals surface area contributed by atoms with Crippen molar-refractivity contribution in [1.82, 2.24) is 15.1 Å². The van der Waals surface area contributed by atoms with Crippen molar-refractivity contribution in [2.45, 2.75) is 13.5 Å². The summed E-state index contributed by atoms with van der Waals surface area (Å²) in [5.74, 6) is 0.686. The van der Waals surface area contributed by atoms with Crippen LogP contribution in [0.3, 0.4) is 0 Å². The number of nitrogens with zero attached hydrogens (tertiary/aromatic N) is 2. The van der Waals surface area contributed by atoms with E-state index in [-0.39, 0.29) is 5.91 Å². The molecule has 0 atom stereocenters. The fraction of sp³-hybridized carbons (Fsp3) is 0.286. The Bertz CT molecular complexity index is 563. The van der Waals surface area contributed by atoms with Crippen LogP contribution in [0.1, 0.15) is 22.8 Å². The Kier molecular flexibility index (Phi) is 4.18. The zero-order valence-electron chi connectivity index (χ0n) is 11.1. The van der Waals surface area contributed by atoms with Crippen LogP contribution in [0.25, 0.3) is 0 Å². The molecule has 0 aliphatic rings. The van der Waals surface area contributed by atoms with E-state index in [1.54, 1.807) is 24.1 Å². The number of ether oxygens (including phenoxy) is 1. The molecule has 100 valence electrons. The highest BCUT2D eigenvalue weighted by Crippen LogP contribution is 2.13. The van der Waals surface area contributed by atoms with Gasteiger partial charge in [-0.3, -0.25) is 9.48 Å². The second-order valence-electron chi connectivity index (χ2n) is 4.17. The van der Waals surface area contributed by atoms with Crippen molar-refractivity contribution in [2.75, 3.05) is 6.61 Å². The van der Waals surface area contributed by atoms with Crippen molar-refractivity contribution in [1.29, 1.82) is 0 Å². The first kappa shape index (κ1) is 13.1. The molecule has 0 saturated carbocycles. The lowest BCUT2D eigenvalue weighted by atomic mass is 10.2. The summed E-state index contributed by atoms with van der Waals surface area (Å²) in [7, 11) is 1.78. The molecule has 2 rings (SSSR count). The molecular weight excluding hydrogens is 242 g/mol. The van der Waals surface area contributed by atoms with Crippen LogP contribution in [-0.4, -0.2) is 22.3 Å². The average molecular weight is 259 g/mol. The first-order chi connectivity index (χ1) is 9.19. The van der Waals surface area contributed by atoms with Crippen molar-refractivity contribution >= 4 is 5.91 Å². The number of rotatable bonds is 5. The molecule has 0 unspecified atom stereocenters. The van der Waals surface area contributed by atoms with Crippen LogP contribution in [0.5, 0.6) is 5.75 Å². The van der Waals surface area contributed by atoms with Gasteiger partial charge in [0.1, 0.15) is 5.75 Å². The van der Waals surface area contributed by atoms with Crippen LogP contribution in [-0.2, 0) is 13.6 Å². The Labute approximate surface area is 112 Å². The third-order valence-corrected chi connectivity index (χ3v) is 2.63. The van der Waals surface area contributed by atoms with Crippen molar-refractivity contribution in [3.63, 3.8) is 0 Å². The first-order valence-electron chi connectivity index (χ1n) is 6.17. The molecule has 1 amide bonds. The first-order valence-corrected chi connectivity index (χ1v) is 6.17. The summed E-state index contributed by atoms with van der Waals surface area (Å²) in [6.45, 7) is 3.04. The highest BCUT2D eigenvalue weighted by atomic mass is 16.5. The minimum Gasteiger partial charge on any atom is -0.494 e. The molecule has 5 nitrogen and oxygen atoms in total. The Morgan fingerprint density at radius 2 is 2.32 bits per heavy atom. The predicted molar refractivity (Wildman–Crippen MR) is 72.0 cm³/mol. The predicted octanol–water partition coefficient (Wildman–Crippen LogP) is 1.75. The summed E-state index contributed by atoms with van der Waals surface area (Å²) < 4.78 is 7.02. The van der Waals surface area contributed by atoms with Crippen molar-refractivity contribution in [3.05, 3.63) is 47.8 Å². The lowest BCUT2D eigenvalue weighted by Crippen LogP contribution is -2.22. The Hall–Kier alpha value is -2.30. The summed E-state index contributed by atoms with van der Waals surface area (Å²) in [5, 5.41) is 6.82.